The minimum Gasteiger partial charge on any atom is -0.453 e. The lowest BCUT2D eigenvalue weighted by molar-refractivity contribution is 0.292. The number of rotatable bonds is 5. The summed E-state index contributed by atoms with van der Waals surface area (Å²) in [5, 5.41) is 3.50. The molecule has 1 aliphatic rings. The summed E-state index contributed by atoms with van der Waals surface area (Å²) in [6, 6.07) is 4.23. The van der Waals surface area contributed by atoms with Gasteiger partial charge in [-0.05, 0) is 35.0 Å². The van der Waals surface area contributed by atoms with Crippen molar-refractivity contribution >= 4 is 27.7 Å². The predicted octanol–water partition coefficient (Wildman–Crippen LogP) is 2.74. The topological polar surface area (TPSA) is 28.4 Å². The Hall–Kier alpha value is 0.0300. The lowest BCUT2D eigenvalue weighted by Gasteiger charge is -2.26. The highest BCUT2D eigenvalue weighted by atomic mass is 79.9. The fourth-order valence-electron chi connectivity index (χ4n) is 1.93. The lowest BCUT2D eigenvalue weighted by Crippen LogP contribution is -2.38. The zero-order chi connectivity index (χ0) is 12.1. The molecule has 1 atom stereocenters. The number of hydrogen-bond acceptors (Lipinski definition) is 4. The van der Waals surface area contributed by atoms with Crippen LogP contribution in [-0.2, 0) is 0 Å². The summed E-state index contributed by atoms with van der Waals surface area (Å²) in [5.74, 6) is 3.55. The van der Waals surface area contributed by atoms with Gasteiger partial charge in [0.25, 0.3) is 0 Å². The van der Waals surface area contributed by atoms with Crippen LogP contribution in [0.15, 0.2) is 21.2 Å². The highest BCUT2D eigenvalue weighted by Gasteiger charge is 2.12. The number of halogens is 1. The van der Waals surface area contributed by atoms with E-state index in [2.05, 4.69) is 44.8 Å². The van der Waals surface area contributed by atoms with Crippen molar-refractivity contribution in [3.63, 3.8) is 0 Å². The van der Waals surface area contributed by atoms with Crippen LogP contribution < -0.4 is 5.32 Å². The second-order valence-electron chi connectivity index (χ2n) is 4.27. The van der Waals surface area contributed by atoms with Crippen molar-refractivity contribution in [3.05, 3.63) is 22.6 Å². The number of thioether (sulfide) groups is 1. The van der Waals surface area contributed by atoms with Gasteiger partial charge in [0.15, 0.2) is 4.67 Å². The van der Waals surface area contributed by atoms with E-state index in [4.69, 9.17) is 4.42 Å². The third-order valence-electron chi connectivity index (χ3n) is 3.00. The zero-order valence-corrected chi connectivity index (χ0v) is 12.5. The molecule has 0 saturated carbocycles. The summed E-state index contributed by atoms with van der Waals surface area (Å²) in [5.41, 5.74) is 0. The van der Waals surface area contributed by atoms with Gasteiger partial charge in [-0.25, -0.2) is 0 Å². The maximum absolute atomic E-state index is 5.53. The highest BCUT2D eigenvalue weighted by molar-refractivity contribution is 9.10. The van der Waals surface area contributed by atoms with Crippen molar-refractivity contribution in [1.82, 2.24) is 10.2 Å². The quantitative estimate of drug-likeness (QED) is 0.903. The largest absolute Gasteiger partial charge is 0.453 e. The molecule has 1 saturated heterocycles. The molecule has 1 aliphatic heterocycles. The van der Waals surface area contributed by atoms with Gasteiger partial charge in [0.1, 0.15) is 5.76 Å². The summed E-state index contributed by atoms with van der Waals surface area (Å²) < 4.78 is 6.33. The number of nitrogens with zero attached hydrogens (tertiary/aromatic N) is 1. The van der Waals surface area contributed by atoms with Gasteiger partial charge >= 0.3 is 0 Å². The first-order valence-electron chi connectivity index (χ1n) is 6.04. The Morgan fingerprint density at radius 2 is 2.24 bits per heavy atom. The van der Waals surface area contributed by atoms with Gasteiger partial charge in [-0.1, -0.05) is 0 Å². The van der Waals surface area contributed by atoms with Crippen LogP contribution in [0.4, 0.5) is 0 Å². The van der Waals surface area contributed by atoms with E-state index in [1.807, 2.05) is 12.1 Å². The Morgan fingerprint density at radius 3 is 2.88 bits per heavy atom. The predicted molar refractivity (Wildman–Crippen MR) is 76.6 cm³/mol. The van der Waals surface area contributed by atoms with E-state index in [1.54, 1.807) is 0 Å². The van der Waals surface area contributed by atoms with Crippen LogP contribution in [0.25, 0.3) is 0 Å². The SMILES string of the molecule is CC(NCCN1CCSCC1)c1ccc(Br)o1. The third kappa shape index (κ3) is 4.32. The molecule has 96 valence electrons. The molecule has 0 radical (unpaired) electrons. The summed E-state index contributed by atoms with van der Waals surface area (Å²) >= 11 is 5.38. The molecule has 0 aliphatic carbocycles. The highest BCUT2D eigenvalue weighted by Crippen LogP contribution is 2.19. The molecule has 0 amide bonds. The maximum atomic E-state index is 5.53. The molecule has 1 aromatic rings. The van der Waals surface area contributed by atoms with Gasteiger partial charge in [-0.2, -0.15) is 11.8 Å². The van der Waals surface area contributed by atoms with Gasteiger partial charge in [-0.3, -0.25) is 0 Å². The second-order valence-corrected chi connectivity index (χ2v) is 6.28. The molecule has 1 N–H and O–H groups in total. The summed E-state index contributed by atoms with van der Waals surface area (Å²) in [7, 11) is 0. The average Bonchev–Trinajstić information content (AvgIpc) is 2.77. The van der Waals surface area contributed by atoms with E-state index in [1.165, 1.54) is 24.6 Å². The number of hydrogen-bond donors (Lipinski definition) is 1. The van der Waals surface area contributed by atoms with Crippen molar-refractivity contribution in [2.45, 2.75) is 13.0 Å². The summed E-state index contributed by atoms with van der Waals surface area (Å²) in [6.45, 7) is 6.74. The number of furan rings is 1. The van der Waals surface area contributed by atoms with Gasteiger partial charge in [0, 0.05) is 37.7 Å². The van der Waals surface area contributed by atoms with Gasteiger partial charge in [0.2, 0.25) is 0 Å². The Balaban J connectivity index is 1.67. The lowest BCUT2D eigenvalue weighted by atomic mass is 10.2. The van der Waals surface area contributed by atoms with Crippen LogP contribution in [0.1, 0.15) is 18.7 Å². The molecule has 1 fully saturated rings. The van der Waals surface area contributed by atoms with E-state index >= 15 is 0 Å². The van der Waals surface area contributed by atoms with Gasteiger partial charge in [0.05, 0.1) is 6.04 Å². The van der Waals surface area contributed by atoms with E-state index < -0.39 is 0 Å². The second kappa shape index (κ2) is 6.83. The monoisotopic (exact) mass is 318 g/mol. The molecule has 2 rings (SSSR count). The number of nitrogens with one attached hydrogen (secondary N) is 1. The van der Waals surface area contributed by atoms with Crippen molar-refractivity contribution in [3.8, 4) is 0 Å². The smallest absolute Gasteiger partial charge is 0.169 e. The van der Waals surface area contributed by atoms with Crippen LogP contribution >= 0.6 is 27.7 Å². The van der Waals surface area contributed by atoms with Crippen LogP contribution in [0, 0.1) is 0 Å². The molecule has 1 aromatic heterocycles. The molecule has 2 heterocycles. The Morgan fingerprint density at radius 1 is 1.47 bits per heavy atom. The third-order valence-corrected chi connectivity index (χ3v) is 4.37. The van der Waals surface area contributed by atoms with Crippen LogP contribution in [-0.4, -0.2) is 42.6 Å². The molecule has 0 bridgehead atoms. The minimum absolute atomic E-state index is 0.278. The summed E-state index contributed by atoms with van der Waals surface area (Å²) in [4.78, 5) is 2.52. The van der Waals surface area contributed by atoms with Gasteiger partial charge < -0.3 is 14.6 Å². The molecular weight excluding hydrogens is 300 g/mol. The van der Waals surface area contributed by atoms with Crippen molar-refractivity contribution < 1.29 is 4.42 Å². The molecular formula is C12H19BrN2OS. The Labute approximate surface area is 115 Å². The van der Waals surface area contributed by atoms with Crippen molar-refractivity contribution in [1.29, 1.82) is 0 Å². The first-order chi connectivity index (χ1) is 8.25. The standard InChI is InChI=1S/C12H19BrN2OS/c1-10(11-2-3-12(13)16-11)14-4-5-15-6-8-17-9-7-15/h2-3,10,14H,4-9H2,1H3. The van der Waals surface area contributed by atoms with E-state index in [-0.39, 0.29) is 6.04 Å². The Kier molecular flexibility index (Phi) is 5.41. The zero-order valence-electron chi connectivity index (χ0n) is 10.1. The Bertz CT molecular complexity index is 339. The molecule has 5 heteroatoms. The van der Waals surface area contributed by atoms with Crippen molar-refractivity contribution in [2.24, 2.45) is 0 Å². The molecule has 3 nitrogen and oxygen atoms in total. The minimum atomic E-state index is 0.278. The van der Waals surface area contributed by atoms with Crippen molar-refractivity contribution in [2.75, 3.05) is 37.7 Å². The molecule has 0 spiro atoms. The van der Waals surface area contributed by atoms with Crippen LogP contribution in [0.2, 0.25) is 0 Å². The first kappa shape index (κ1) is 13.5. The molecule has 17 heavy (non-hydrogen) atoms. The van der Waals surface area contributed by atoms with E-state index in [0.29, 0.717) is 0 Å². The van der Waals surface area contributed by atoms with Crippen LogP contribution in [0.3, 0.4) is 0 Å². The normalized spacial score (nSPS) is 19.4. The van der Waals surface area contributed by atoms with Gasteiger partial charge in [-0.15, -0.1) is 0 Å². The fraction of sp³-hybridized carbons (Fsp3) is 0.667. The molecule has 0 aromatic carbocycles. The fourth-order valence-corrected chi connectivity index (χ4v) is 3.22. The average molecular weight is 319 g/mol. The molecule has 1 unspecified atom stereocenters. The van der Waals surface area contributed by atoms with E-state index in [0.717, 1.165) is 23.5 Å². The maximum Gasteiger partial charge on any atom is 0.169 e. The first-order valence-corrected chi connectivity index (χ1v) is 7.99. The van der Waals surface area contributed by atoms with Crippen LogP contribution in [0.5, 0.6) is 0 Å². The summed E-state index contributed by atoms with van der Waals surface area (Å²) in [6.07, 6.45) is 0. The van der Waals surface area contributed by atoms with E-state index in [9.17, 15) is 0 Å².